The van der Waals surface area contributed by atoms with Gasteiger partial charge in [0, 0.05) is 27.4 Å². The van der Waals surface area contributed by atoms with E-state index in [9.17, 15) is 0 Å². The molecule has 2 saturated heterocycles. The summed E-state index contributed by atoms with van der Waals surface area (Å²) < 4.78 is 0. The molecule has 0 N–H and O–H groups in total. The van der Waals surface area contributed by atoms with Crippen LogP contribution >= 0.6 is 35.1 Å². The summed E-state index contributed by atoms with van der Waals surface area (Å²) in [5.74, 6) is 0. The molecular weight excluding hydrogens is 318 g/mol. The van der Waals surface area contributed by atoms with Crippen molar-refractivity contribution in [2.75, 3.05) is 7.05 Å². The van der Waals surface area contributed by atoms with E-state index in [2.05, 4.69) is 47.0 Å². The quantitative estimate of drug-likeness (QED) is 0.719. The first-order valence-corrected chi connectivity index (χ1v) is 9.10. The lowest BCUT2D eigenvalue weighted by atomic mass is 9.91. The summed E-state index contributed by atoms with van der Waals surface area (Å²) in [5, 5.41) is 4.40. The van der Waals surface area contributed by atoms with Gasteiger partial charge in [-0.1, -0.05) is 17.7 Å². The van der Waals surface area contributed by atoms with Crippen LogP contribution in [0.25, 0.3) is 5.57 Å². The predicted octanol–water partition coefficient (Wildman–Crippen LogP) is 5.29. The highest BCUT2D eigenvalue weighted by atomic mass is 35.5. The minimum absolute atomic E-state index is 0. The van der Waals surface area contributed by atoms with Gasteiger partial charge in [0.25, 0.3) is 0 Å². The molecule has 0 aliphatic carbocycles. The van der Waals surface area contributed by atoms with Crippen LogP contribution in [0.3, 0.4) is 0 Å². The zero-order valence-electron chi connectivity index (χ0n) is 12.1. The Labute approximate surface area is 140 Å². The Kier molecular flexibility index (Phi) is 4.55. The second-order valence-electron chi connectivity index (χ2n) is 5.89. The van der Waals surface area contributed by atoms with E-state index in [0.717, 1.165) is 12.1 Å². The van der Waals surface area contributed by atoms with E-state index in [4.69, 9.17) is 0 Å². The Balaban J connectivity index is 0.00000132. The zero-order valence-corrected chi connectivity index (χ0v) is 14.6. The standard InChI is InChI=1S/C17H19NS2.ClH/c1-18-13-6-7-14(18)11-12(10-13)17(15-4-2-8-19-15)16-5-3-9-20-16;/h2-5,8-9,13-14H,6-7,10-11H2,1H3;1H/t13-,14+;. The molecule has 0 radical (unpaired) electrons. The largest absolute Gasteiger partial charge is 0.300 e. The van der Waals surface area contributed by atoms with Crippen LogP contribution < -0.4 is 0 Å². The molecule has 4 heterocycles. The van der Waals surface area contributed by atoms with Crippen molar-refractivity contribution in [2.24, 2.45) is 0 Å². The molecule has 2 fully saturated rings. The Morgan fingerprint density at radius 2 is 1.52 bits per heavy atom. The van der Waals surface area contributed by atoms with Gasteiger partial charge in [-0.2, -0.15) is 0 Å². The molecule has 2 aliphatic heterocycles. The van der Waals surface area contributed by atoms with E-state index >= 15 is 0 Å². The van der Waals surface area contributed by atoms with Crippen molar-refractivity contribution in [1.29, 1.82) is 0 Å². The second-order valence-corrected chi connectivity index (χ2v) is 7.79. The number of hydrogen-bond donors (Lipinski definition) is 0. The van der Waals surface area contributed by atoms with Crippen LogP contribution in [0.2, 0.25) is 0 Å². The maximum atomic E-state index is 2.62. The third-order valence-corrected chi connectivity index (χ3v) is 6.61. The fourth-order valence-electron chi connectivity index (χ4n) is 3.75. The lowest BCUT2D eigenvalue weighted by molar-refractivity contribution is 0.210. The highest BCUT2D eigenvalue weighted by Crippen LogP contribution is 2.43. The average molecular weight is 338 g/mol. The molecule has 4 rings (SSSR count). The van der Waals surface area contributed by atoms with E-state index in [1.165, 1.54) is 35.4 Å². The summed E-state index contributed by atoms with van der Waals surface area (Å²) in [5.41, 5.74) is 3.24. The van der Waals surface area contributed by atoms with Crippen LogP contribution in [-0.2, 0) is 0 Å². The normalized spacial score (nSPS) is 24.9. The molecule has 2 aromatic rings. The molecule has 2 bridgehead atoms. The summed E-state index contributed by atoms with van der Waals surface area (Å²) in [6, 6.07) is 10.5. The molecule has 112 valence electrons. The minimum Gasteiger partial charge on any atom is -0.300 e. The number of thiophene rings is 2. The van der Waals surface area contributed by atoms with Crippen LogP contribution in [0.1, 0.15) is 35.4 Å². The van der Waals surface area contributed by atoms with Gasteiger partial charge in [-0.15, -0.1) is 35.1 Å². The Hall–Kier alpha value is -0.610. The first kappa shape index (κ1) is 15.3. The lowest BCUT2D eigenvalue weighted by Gasteiger charge is -2.34. The molecule has 0 unspecified atom stereocenters. The van der Waals surface area contributed by atoms with Crippen LogP contribution in [0.4, 0.5) is 0 Å². The van der Waals surface area contributed by atoms with Crippen LogP contribution in [-0.4, -0.2) is 24.0 Å². The number of piperidine rings is 1. The van der Waals surface area contributed by atoms with Crippen LogP contribution in [0.5, 0.6) is 0 Å². The molecule has 2 atom stereocenters. The maximum absolute atomic E-state index is 2.62. The number of hydrogen-bond acceptors (Lipinski definition) is 3. The van der Waals surface area contributed by atoms with Gasteiger partial charge in [0.15, 0.2) is 0 Å². The Bertz CT molecular complexity index is 563. The molecule has 0 saturated carbocycles. The molecule has 0 spiro atoms. The van der Waals surface area contributed by atoms with Gasteiger partial charge in [-0.05, 0) is 55.6 Å². The van der Waals surface area contributed by atoms with Gasteiger partial charge >= 0.3 is 0 Å². The maximum Gasteiger partial charge on any atom is 0.0356 e. The van der Waals surface area contributed by atoms with E-state index in [-0.39, 0.29) is 12.4 Å². The molecule has 2 aliphatic rings. The summed E-state index contributed by atoms with van der Waals surface area (Å²) in [4.78, 5) is 5.52. The minimum atomic E-state index is 0. The first-order chi connectivity index (χ1) is 9.83. The highest BCUT2D eigenvalue weighted by Gasteiger charge is 2.37. The first-order valence-electron chi connectivity index (χ1n) is 7.34. The molecule has 2 aromatic heterocycles. The third kappa shape index (κ3) is 2.72. The number of rotatable bonds is 2. The Morgan fingerprint density at radius 1 is 1.00 bits per heavy atom. The van der Waals surface area contributed by atoms with Gasteiger partial charge in [-0.3, -0.25) is 4.90 Å². The molecule has 0 amide bonds. The third-order valence-electron chi connectivity index (χ3n) is 4.84. The van der Waals surface area contributed by atoms with Crippen molar-refractivity contribution in [3.63, 3.8) is 0 Å². The van der Waals surface area contributed by atoms with Crippen LogP contribution in [0, 0.1) is 0 Å². The number of halogens is 1. The summed E-state index contributed by atoms with van der Waals surface area (Å²) >= 11 is 3.76. The van der Waals surface area contributed by atoms with E-state index < -0.39 is 0 Å². The van der Waals surface area contributed by atoms with Crippen LogP contribution in [0.15, 0.2) is 40.6 Å². The molecule has 21 heavy (non-hydrogen) atoms. The number of fused-ring (bicyclic) bond motifs is 2. The van der Waals surface area contributed by atoms with Crippen molar-refractivity contribution in [1.82, 2.24) is 4.90 Å². The fraction of sp³-hybridized carbons (Fsp3) is 0.412. The van der Waals surface area contributed by atoms with Crippen molar-refractivity contribution >= 4 is 40.7 Å². The predicted molar refractivity (Wildman–Crippen MR) is 95.7 cm³/mol. The average Bonchev–Trinajstić information content (AvgIpc) is 3.16. The molecular formula is C17H20ClNS2. The molecule has 4 heteroatoms. The van der Waals surface area contributed by atoms with Gasteiger partial charge in [0.1, 0.15) is 0 Å². The number of nitrogens with zero attached hydrogens (tertiary/aromatic N) is 1. The Morgan fingerprint density at radius 3 is 1.95 bits per heavy atom. The van der Waals surface area contributed by atoms with Crippen molar-refractivity contribution < 1.29 is 0 Å². The fourth-order valence-corrected chi connectivity index (χ4v) is 5.48. The zero-order chi connectivity index (χ0) is 13.5. The molecule has 0 aromatic carbocycles. The van der Waals surface area contributed by atoms with Crippen molar-refractivity contribution in [2.45, 2.75) is 37.8 Å². The van der Waals surface area contributed by atoms with E-state index in [1.54, 1.807) is 11.1 Å². The summed E-state index contributed by atoms with van der Waals surface area (Å²) in [6.45, 7) is 0. The van der Waals surface area contributed by atoms with Gasteiger partial charge in [0.05, 0.1) is 0 Å². The SMILES string of the molecule is CN1[C@@H]2CC[C@H]1CC(=C(c1cccs1)c1cccs1)C2.Cl. The highest BCUT2D eigenvalue weighted by molar-refractivity contribution is 7.13. The van der Waals surface area contributed by atoms with Crippen molar-refractivity contribution in [3.8, 4) is 0 Å². The second kappa shape index (κ2) is 6.25. The smallest absolute Gasteiger partial charge is 0.0356 e. The topological polar surface area (TPSA) is 3.24 Å². The van der Waals surface area contributed by atoms with Gasteiger partial charge in [0.2, 0.25) is 0 Å². The van der Waals surface area contributed by atoms with Gasteiger partial charge < -0.3 is 0 Å². The van der Waals surface area contributed by atoms with E-state index in [0.29, 0.717) is 0 Å². The summed E-state index contributed by atoms with van der Waals surface area (Å²) in [6.07, 6.45) is 5.29. The van der Waals surface area contributed by atoms with Crippen molar-refractivity contribution in [3.05, 3.63) is 50.4 Å². The van der Waals surface area contributed by atoms with Gasteiger partial charge in [-0.25, -0.2) is 0 Å². The lowest BCUT2D eigenvalue weighted by Crippen LogP contribution is -2.37. The molecule has 1 nitrogen and oxygen atoms in total. The monoisotopic (exact) mass is 337 g/mol. The summed E-state index contributed by atoms with van der Waals surface area (Å²) in [7, 11) is 2.31. The van der Waals surface area contributed by atoms with E-state index in [1.807, 2.05) is 22.7 Å².